The van der Waals surface area contributed by atoms with Crippen LogP contribution < -0.4 is 0 Å². The predicted molar refractivity (Wildman–Crippen MR) is 70.7 cm³/mol. The molecule has 0 fully saturated rings. The second kappa shape index (κ2) is 4.53. The van der Waals surface area contributed by atoms with E-state index in [-0.39, 0.29) is 6.42 Å². The fourth-order valence-electron chi connectivity index (χ4n) is 2.03. The minimum atomic E-state index is -0.884. The number of nitrogens with zero attached hydrogens (tertiary/aromatic N) is 2. The normalized spacial score (nSPS) is 10.7. The summed E-state index contributed by atoms with van der Waals surface area (Å²) in [6.45, 7) is 0. The van der Waals surface area contributed by atoms with E-state index in [4.69, 9.17) is 5.11 Å². The van der Waals surface area contributed by atoms with Crippen molar-refractivity contribution in [3.8, 4) is 11.3 Å². The minimum absolute atomic E-state index is 0.0738. The fourth-order valence-corrected chi connectivity index (χ4v) is 2.03. The number of carboxylic acid groups (broad SMARTS) is 1. The Balaban J connectivity index is 2.03. The highest BCUT2D eigenvalue weighted by Crippen LogP contribution is 2.23. The summed E-state index contributed by atoms with van der Waals surface area (Å²) >= 11 is 0. The zero-order valence-corrected chi connectivity index (χ0v) is 10.00. The number of carbonyl (C=O) groups is 1. The van der Waals surface area contributed by atoms with Gasteiger partial charge in [-0.3, -0.25) is 14.8 Å². The molecule has 0 aromatic carbocycles. The SMILES string of the molecule is O=C(O)Cc1cc(-c2cc3cnccc3[nH]2)ccn1. The van der Waals surface area contributed by atoms with E-state index in [2.05, 4.69) is 15.0 Å². The molecule has 0 spiro atoms. The summed E-state index contributed by atoms with van der Waals surface area (Å²) in [7, 11) is 0. The lowest BCUT2D eigenvalue weighted by Crippen LogP contribution is -2.02. The number of hydrogen-bond acceptors (Lipinski definition) is 3. The second-order valence-corrected chi connectivity index (χ2v) is 4.25. The maximum Gasteiger partial charge on any atom is 0.309 e. The molecule has 0 atom stereocenters. The first-order valence-electron chi connectivity index (χ1n) is 5.82. The molecule has 0 saturated carbocycles. The number of aromatic nitrogens is 3. The molecular formula is C14H11N3O2. The lowest BCUT2D eigenvalue weighted by molar-refractivity contribution is -0.136. The smallest absolute Gasteiger partial charge is 0.309 e. The number of H-pyrrole nitrogens is 1. The number of hydrogen-bond donors (Lipinski definition) is 2. The van der Waals surface area contributed by atoms with Gasteiger partial charge < -0.3 is 10.1 Å². The first-order valence-corrected chi connectivity index (χ1v) is 5.82. The summed E-state index contributed by atoms with van der Waals surface area (Å²) in [6, 6.07) is 7.52. The number of aliphatic carboxylic acids is 1. The van der Waals surface area contributed by atoms with E-state index >= 15 is 0 Å². The highest BCUT2D eigenvalue weighted by atomic mass is 16.4. The summed E-state index contributed by atoms with van der Waals surface area (Å²) < 4.78 is 0. The Morgan fingerprint density at radius 2 is 2.16 bits per heavy atom. The molecule has 0 amide bonds. The number of carboxylic acids is 1. The van der Waals surface area contributed by atoms with Crippen molar-refractivity contribution < 1.29 is 9.90 Å². The Kier molecular flexibility index (Phi) is 2.72. The maximum absolute atomic E-state index is 10.7. The lowest BCUT2D eigenvalue weighted by Gasteiger charge is -2.00. The van der Waals surface area contributed by atoms with E-state index < -0.39 is 5.97 Å². The van der Waals surface area contributed by atoms with Gasteiger partial charge in [-0.15, -0.1) is 0 Å². The number of aromatic amines is 1. The zero-order valence-electron chi connectivity index (χ0n) is 10.00. The van der Waals surface area contributed by atoms with E-state index in [0.29, 0.717) is 5.69 Å². The van der Waals surface area contributed by atoms with Crippen molar-refractivity contribution in [2.45, 2.75) is 6.42 Å². The van der Waals surface area contributed by atoms with Gasteiger partial charge in [0.05, 0.1) is 12.1 Å². The minimum Gasteiger partial charge on any atom is -0.481 e. The van der Waals surface area contributed by atoms with Crippen molar-refractivity contribution in [3.63, 3.8) is 0 Å². The molecule has 5 nitrogen and oxygen atoms in total. The molecule has 0 aliphatic rings. The average molecular weight is 253 g/mol. The summed E-state index contributed by atoms with van der Waals surface area (Å²) in [4.78, 5) is 22.1. The van der Waals surface area contributed by atoms with Gasteiger partial charge in [-0.2, -0.15) is 0 Å². The quantitative estimate of drug-likeness (QED) is 0.750. The Bertz CT molecular complexity index is 716. The molecule has 0 aliphatic carbocycles. The molecule has 0 saturated heterocycles. The predicted octanol–water partition coefficient (Wildman–Crippen LogP) is 2.25. The molecule has 0 bridgehead atoms. The van der Waals surface area contributed by atoms with Gasteiger partial charge in [-0.1, -0.05) is 0 Å². The highest BCUT2D eigenvalue weighted by molar-refractivity contribution is 5.85. The first kappa shape index (κ1) is 11.4. The van der Waals surface area contributed by atoms with Crippen LogP contribution in [0.1, 0.15) is 5.69 Å². The van der Waals surface area contributed by atoms with Crippen LogP contribution in [0.4, 0.5) is 0 Å². The molecule has 94 valence electrons. The van der Waals surface area contributed by atoms with E-state index in [9.17, 15) is 4.79 Å². The van der Waals surface area contributed by atoms with Crippen molar-refractivity contribution in [1.29, 1.82) is 0 Å². The Morgan fingerprint density at radius 3 is 2.95 bits per heavy atom. The third-order valence-corrected chi connectivity index (χ3v) is 2.88. The molecule has 0 radical (unpaired) electrons. The number of rotatable bonds is 3. The van der Waals surface area contributed by atoms with E-state index in [1.165, 1.54) is 0 Å². The molecule has 3 aromatic rings. The van der Waals surface area contributed by atoms with E-state index in [0.717, 1.165) is 22.2 Å². The Labute approximate surface area is 109 Å². The van der Waals surface area contributed by atoms with Crippen LogP contribution in [0, 0.1) is 0 Å². The van der Waals surface area contributed by atoms with Gasteiger partial charge in [0.25, 0.3) is 0 Å². The van der Waals surface area contributed by atoms with Gasteiger partial charge in [0, 0.05) is 40.8 Å². The van der Waals surface area contributed by atoms with Crippen LogP contribution in [0.15, 0.2) is 42.9 Å². The largest absolute Gasteiger partial charge is 0.481 e. The standard InChI is InChI=1S/C14H11N3O2/c18-14(19)7-11-5-9(1-4-16-11)13-6-10-8-15-3-2-12(10)17-13/h1-6,8,17H,7H2,(H,18,19). The van der Waals surface area contributed by atoms with Crippen molar-refractivity contribution in [1.82, 2.24) is 15.0 Å². The lowest BCUT2D eigenvalue weighted by atomic mass is 10.1. The molecule has 3 rings (SSSR count). The monoisotopic (exact) mass is 253 g/mol. The van der Waals surface area contributed by atoms with Gasteiger partial charge >= 0.3 is 5.97 Å². The van der Waals surface area contributed by atoms with Crippen molar-refractivity contribution >= 4 is 16.9 Å². The molecule has 2 N–H and O–H groups in total. The molecule has 5 heteroatoms. The van der Waals surface area contributed by atoms with Crippen LogP contribution in [0.25, 0.3) is 22.2 Å². The summed E-state index contributed by atoms with van der Waals surface area (Å²) in [5.41, 5.74) is 3.39. The van der Waals surface area contributed by atoms with Crippen molar-refractivity contribution in [2.24, 2.45) is 0 Å². The summed E-state index contributed by atoms with van der Waals surface area (Å²) in [5, 5.41) is 9.81. The van der Waals surface area contributed by atoms with Crippen LogP contribution in [0.2, 0.25) is 0 Å². The van der Waals surface area contributed by atoms with Crippen LogP contribution in [0.3, 0.4) is 0 Å². The second-order valence-electron chi connectivity index (χ2n) is 4.25. The van der Waals surface area contributed by atoms with E-state index in [1.54, 1.807) is 24.7 Å². The Morgan fingerprint density at radius 1 is 1.26 bits per heavy atom. The van der Waals surface area contributed by atoms with Gasteiger partial charge in [-0.25, -0.2) is 0 Å². The number of fused-ring (bicyclic) bond motifs is 1. The van der Waals surface area contributed by atoms with Crippen LogP contribution in [-0.4, -0.2) is 26.0 Å². The molecule has 0 aliphatic heterocycles. The topological polar surface area (TPSA) is 78.9 Å². The van der Waals surface area contributed by atoms with Gasteiger partial charge in [0.1, 0.15) is 0 Å². The molecule has 3 heterocycles. The maximum atomic E-state index is 10.7. The molecule has 0 unspecified atom stereocenters. The average Bonchev–Trinajstić information content (AvgIpc) is 2.82. The summed E-state index contributed by atoms with van der Waals surface area (Å²) in [6.07, 6.45) is 5.06. The van der Waals surface area contributed by atoms with E-state index in [1.807, 2.05) is 18.2 Å². The molecule has 19 heavy (non-hydrogen) atoms. The van der Waals surface area contributed by atoms with Crippen LogP contribution >= 0.6 is 0 Å². The summed E-state index contributed by atoms with van der Waals surface area (Å²) in [5.74, 6) is -0.884. The zero-order chi connectivity index (χ0) is 13.2. The van der Waals surface area contributed by atoms with Crippen LogP contribution in [-0.2, 0) is 11.2 Å². The van der Waals surface area contributed by atoms with Crippen LogP contribution in [0.5, 0.6) is 0 Å². The number of pyridine rings is 2. The highest BCUT2D eigenvalue weighted by Gasteiger charge is 2.06. The number of nitrogens with one attached hydrogen (secondary N) is 1. The van der Waals surface area contributed by atoms with Crippen molar-refractivity contribution in [3.05, 3.63) is 48.5 Å². The third-order valence-electron chi connectivity index (χ3n) is 2.88. The van der Waals surface area contributed by atoms with Gasteiger partial charge in [-0.05, 0) is 24.3 Å². The van der Waals surface area contributed by atoms with Gasteiger partial charge in [0.15, 0.2) is 0 Å². The van der Waals surface area contributed by atoms with Gasteiger partial charge in [0.2, 0.25) is 0 Å². The molecular weight excluding hydrogens is 242 g/mol. The third kappa shape index (κ3) is 2.30. The van der Waals surface area contributed by atoms with Crippen molar-refractivity contribution in [2.75, 3.05) is 0 Å². The Hall–Kier alpha value is -2.69. The first-order chi connectivity index (χ1) is 9.22. The fraction of sp³-hybridized carbons (Fsp3) is 0.0714. The molecule has 3 aromatic heterocycles.